The maximum Gasteiger partial charge on any atom is 0.281 e. The molecule has 0 atom stereocenters. The number of benzene rings is 1. The van der Waals surface area contributed by atoms with Crippen LogP contribution in [0.4, 0.5) is 0 Å². The van der Waals surface area contributed by atoms with Crippen molar-refractivity contribution in [2.75, 3.05) is 26.2 Å². The molecule has 0 N–H and O–H groups in total. The second-order valence-electron chi connectivity index (χ2n) is 7.54. The summed E-state index contributed by atoms with van der Waals surface area (Å²) < 4.78 is 6.28. The van der Waals surface area contributed by atoms with E-state index >= 15 is 0 Å². The third-order valence-corrected chi connectivity index (χ3v) is 5.33. The number of piperidine rings is 1. The second-order valence-corrected chi connectivity index (χ2v) is 7.54. The van der Waals surface area contributed by atoms with Gasteiger partial charge in [0.1, 0.15) is 11.9 Å². The summed E-state index contributed by atoms with van der Waals surface area (Å²) in [7, 11) is 0. The predicted molar refractivity (Wildman–Crippen MR) is 106 cm³/mol. The average molecular weight is 381 g/mol. The third-order valence-electron chi connectivity index (χ3n) is 5.33. The summed E-state index contributed by atoms with van der Waals surface area (Å²) >= 11 is 0. The van der Waals surface area contributed by atoms with Crippen molar-refractivity contribution in [3.05, 3.63) is 59.4 Å². The number of nitrogens with zero attached hydrogens (tertiary/aromatic N) is 3. The van der Waals surface area contributed by atoms with Gasteiger partial charge in [0.2, 0.25) is 0 Å². The van der Waals surface area contributed by atoms with E-state index in [9.17, 15) is 4.79 Å². The highest BCUT2D eigenvalue weighted by atomic mass is 16.7. The quantitative estimate of drug-likeness (QED) is 0.796. The summed E-state index contributed by atoms with van der Waals surface area (Å²) in [4.78, 5) is 24.8. The van der Waals surface area contributed by atoms with E-state index in [1.165, 1.54) is 10.6 Å². The second kappa shape index (κ2) is 8.71. The molecule has 2 aliphatic heterocycles. The number of aromatic nitrogens is 1. The topological polar surface area (TPSA) is 54.9 Å². The fourth-order valence-electron chi connectivity index (χ4n) is 3.77. The first-order valence-electron chi connectivity index (χ1n) is 10.0. The predicted octanol–water partition coefficient (Wildman–Crippen LogP) is 3.21. The first-order valence-corrected chi connectivity index (χ1v) is 10.0. The van der Waals surface area contributed by atoms with Gasteiger partial charge in [-0.25, -0.2) is 5.06 Å². The van der Waals surface area contributed by atoms with Crippen LogP contribution in [-0.4, -0.2) is 53.2 Å². The Balaban J connectivity index is 1.38. The molecule has 0 aliphatic carbocycles. The van der Waals surface area contributed by atoms with Gasteiger partial charge in [-0.15, -0.1) is 0 Å². The summed E-state index contributed by atoms with van der Waals surface area (Å²) in [6.07, 6.45) is 6.59. The first kappa shape index (κ1) is 18.9. The Bertz CT molecular complexity index is 798. The van der Waals surface area contributed by atoms with Crippen molar-refractivity contribution in [3.8, 4) is 5.75 Å². The molecular formula is C22H27N3O3. The van der Waals surface area contributed by atoms with Crippen molar-refractivity contribution in [2.24, 2.45) is 0 Å². The van der Waals surface area contributed by atoms with Crippen molar-refractivity contribution in [3.63, 3.8) is 0 Å². The van der Waals surface area contributed by atoms with Crippen molar-refractivity contribution >= 4 is 5.91 Å². The molecule has 6 heteroatoms. The highest BCUT2D eigenvalue weighted by Crippen LogP contribution is 2.27. The number of pyridine rings is 1. The number of carbonyl (C=O) groups is 1. The normalized spacial score (nSPS) is 18.4. The van der Waals surface area contributed by atoms with Gasteiger partial charge in [0, 0.05) is 32.0 Å². The fraction of sp³-hybridized carbons (Fsp3) is 0.455. The van der Waals surface area contributed by atoms with Gasteiger partial charge in [-0.05, 0) is 56.0 Å². The molecule has 2 aromatic rings. The molecule has 1 aromatic heterocycles. The van der Waals surface area contributed by atoms with E-state index in [1.807, 2.05) is 37.5 Å². The van der Waals surface area contributed by atoms with Crippen LogP contribution in [0.15, 0.2) is 42.7 Å². The molecule has 2 fully saturated rings. The molecule has 148 valence electrons. The molecule has 0 spiro atoms. The lowest BCUT2D eigenvalue weighted by Gasteiger charge is -2.32. The number of likely N-dealkylation sites (tertiary alicyclic amines) is 1. The van der Waals surface area contributed by atoms with E-state index in [-0.39, 0.29) is 12.0 Å². The smallest absolute Gasteiger partial charge is 0.281 e. The molecule has 2 aliphatic rings. The van der Waals surface area contributed by atoms with Gasteiger partial charge in [0.15, 0.2) is 0 Å². The third kappa shape index (κ3) is 4.51. The van der Waals surface area contributed by atoms with Gasteiger partial charge < -0.3 is 4.74 Å². The summed E-state index contributed by atoms with van der Waals surface area (Å²) in [5.74, 6) is 0.560. The minimum Gasteiger partial charge on any atom is -0.489 e. The van der Waals surface area contributed by atoms with E-state index in [2.05, 4.69) is 22.0 Å². The van der Waals surface area contributed by atoms with Crippen LogP contribution in [0.3, 0.4) is 0 Å². The summed E-state index contributed by atoms with van der Waals surface area (Å²) in [5, 5.41) is 1.46. The summed E-state index contributed by atoms with van der Waals surface area (Å²) in [6.45, 7) is 6.14. The van der Waals surface area contributed by atoms with Gasteiger partial charge in [0.05, 0.1) is 18.7 Å². The Morgan fingerprint density at radius 3 is 2.68 bits per heavy atom. The lowest BCUT2D eigenvalue weighted by Crippen LogP contribution is -2.38. The van der Waals surface area contributed by atoms with Crippen LogP contribution < -0.4 is 4.74 Å². The van der Waals surface area contributed by atoms with Crippen LogP contribution in [0, 0.1) is 6.92 Å². The molecule has 0 unspecified atom stereocenters. The Hall–Kier alpha value is -2.44. The van der Waals surface area contributed by atoms with Crippen LogP contribution >= 0.6 is 0 Å². The van der Waals surface area contributed by atoms with Gasteiger partial charge >= 0.3 is 0 Å². The number of hydrogen-bond acceptors (Lipinski definition) is 5. The van der Waals surface area contributed by atoms with Gasteiger partial charge in [-0.3, -0.25) is 19.5 Å². The van der Waals surface area contributed by atoms with Crippen LogP contribution in [0.5, 0.6) is 5.75 Å². The number of carbonyl (C=O) groups excluding carboxylic acids is 1. The number of amides is 1. The molecule has 1 amide bonds. The number of rotatable bonds is 5. The number of hydroxylamine groups is 2. The average Bonchev–Trinajstić information content (AvgIpc) is 3.26. The standard InChI is InChI=1S/C22H27N3O3/c1-17-3-4-21(20(15-17)22(26)25-11-2-14-27-25)28-19-7-12-24(13-8-19)16-18-5-9-23-10-6-18/h3-6,9-10,15,19H,2,7-8,11-14,16H2,1H3. The van der Waals surface area contributed by atoms with Gasteiger partial charge in [-0.2, -0.15) is 0 Å². The monoisotopic (exact) mass is 381 g/mol. The molecule has 0 saturated carbocycles. The maximum absolute atomic E-state index is 12.8. The van der Waals surface area contributed by atoms with Crippen molar-refractivity contribution in [2.45, 2.75) is 38.8 Å². The van der Waals surface area contributed by atoms with Crippen LogP contribution in [0.25, 0.3) is 0 Å². The SMILES string of the molecule is Cc1ccc(OC2CCN(Cc3ccncc3)CC2)c(C(=O)N2CCCO2)c1. The zero-order valence-electron chi connectivity index (χ0n) is 16.3. The minimum absolute atomic E-state index is 0.105. The van der Waals surface area contributed by atoms with E-state index < -0.39 is 0 Å². The molecule has 1 aromatic carbocycles. The molecule has 4 rings (SSSR count). The fourth-order valence-corrected chi connectivity index (χ4v) is 3.77. The Kier molecular flexibility index (Phi) is 5.88. The molecule has 0 bridgehead atoms. The number of ether oxygens (including phenoxy) is 1. The van der Waals surface area contributed by atoms with E-state index in [0.29, 0.717) is 24.5 Å². The van der Waals surface area contributed by atoms with Gasteiger partial charge in [0.25, 0.3) is 5.91 Å². The van der Waals surface area contributed by atoms with Crippen molar-refractivity contribution in [1.29, 1.82) is 0 Å². The lowest BCUT2D eigenvalue weighted by atomic mass is 10.1. The van der Waals surface area contributed by atoms with E-state index in [1.54, 1.807) is 0 Å². The highest BCUT2D eigenvalue weighted by molar-refractivity contribution is 5.96. The zero-order valence-corrected chi connectivity index (χ0v) is 16.3. The van der Waals surface area contributed by atoms with Crippen LogP contribution in [0.1, 0.15) is 40.7 Å². The summed E-state index contributed by atoms with van der Waals surface area (Å²) in [6, 6.07) is 9.94. The molecular weight excluding hydrogens is 354 g/mol. The molecule has 2 saturated heterocycles. The van der Waals surface area contributed by atoms with Crippen molar-refractivity contribution < 1.29 is 14.4 Å². The molecule has 28 heavy (non-hydrogen) atoms. The van der Waals surface area contributed by atoms with E-state index in [4.69, 9.17) is 9.57 Å². The Morgan fingerprint density at radius 2 is 1.96 bits per heavy atom. The molecule has 3 heterocycles. The molecule has 0 radical (unpaired) electrons. The number of aryl methyl sites for hydroxylation is 1. The van der Waals surface area contributed by atoms with Crippen LogP contribution in [0.2, 0.25) is 0 Å². The van der Waals surface area contributed by atoms with Gasteiger partial charge in [-0.1, -0.05) is 11.6 Å². The Morgan fingerprint density at radius 1 is 1.18 bits per heavy atom. The minimum atomic E-state index is -0.105. The maximum atomic E-state index is 12.8. The number of hydrogen-bond donors (Lipinski definition) is 0. The highest BCUT2D eigenvalue weighted by Gasteiger charge is 2.26. The van der Waals surface area contributed by atoms with Crippen molar-refractivity contribution in [1.82, 2.24) is 14.9 Å². The lowest BCUT2D eigenvalue weighted by molar-refractivity contribution is -0.0770. The van der Waals surface area contributed by atoms with E-state index in [0.717, 1.165) is 44.5 Å². The first-order chi connectivity index (χ1) is 13.7. The zero-order chi connectivity index (χ0) is 19.3. The molecule has 6 nitrogen and oxygen atoms in total. The largest absolute Gasteiger partial charge is 0.489 e. The Labute approximate surface area is 166 Å². The van der Waals surface area contributed by atoms with Crippen LogP contribution in [-0.2, 0) is 11.4 Å². The summed E-state index contributed by atoms with van der Waals surface area (Å²) in [5.41, 5.74) is 2.93.